The van der Waals surface area contributed by atoms with Gasteiger partial charge >= 0.3 is 0 Å². The third kappa shape index (κ3) is 4.28. The Labute approximate surface area is 149 Å². The normalized spacial score (nSPS) is 20.0. The lowest BCUT2D eigenvalue weighted by Gasteiger charge is -2.27. The molecule has 2 aliphatic rings. The van der Waals surface area contributed by atoms with Gasteiger partial charge in [0, 0.05) is 18.8 Å². The van der Waals surface area contributed by atoms with Gasteiger partial charge in [0.05, 0.1) is 6.54 Å². The van der Waals surface area contributed by atoms with Crippen LogP contribution in [0.15, 0.2) is 30.3 Å². The molecule has 1 aromatic rings. The number of nitrogens with one attached hydrogen (secondary N) is 1. The standard InChI is InChI=1S/C18H25N3O2.ClH/c1-2-20(17(22)13-19-12-14-8-9-14)16-10-11-21(18(16)23)15-6-4-3-5-7-15;/h3-7,14,16,19H,2,8-13H2,1H3;1H. The highest BCUT2D eigenvalue weighted by atomic mass is 35.5. The summed E-state index contributed by atoms with van der Waals surface area (Å²) in [6, 6.07) is 9.36. The smallest absolute Gasteiger partial charge is 0.249 e. The van der Waals surface area contributed by atoms with E-state index in [0.29, 0.717) is 26.1 Å². The SMILES string of the molecule is CCN(C(=O)CNCC1CC1)C1CCN(c2ccccc2)C1=O.Cl. The maximum Gasteiger partial charge on any atom is 0.249 e. The largest absolute Gasteiger partial charge is 0.330 e. The van der Waals surface area contributed by atoms with E-state index in [1.807, 2.05) is 37.3 Å². The number of halogens is 1. The predicted molar refractivity (Wildman–Crippen MR) is 97.4 cm³/mol. The van der Waals surface area contributed by atoms with E-state index in [4.69, 9.17) is 0 Å². The van der Waals surface area contributed by atoms with Crippen molar-refractivity contribution in [1.29, 1.82) is 0 Å². The highest BCUT2D eigenvalue weighted by molar-refractivity contribution is 6.01. The van der Waals surface area contributed by atoms with Gasteiger partial charge in [-0.25, -0.2) is 0 Å². The second-order valence-electron chi connectivity index (χ2n) is 6.38. The van der Waals surface area contributed by atoms with Gasteiger partial charge in [0.1, 0.15) is 6.04 Å². The summed E-state index contributed by atoms with van der Waals surface area (Å²) in [6.07, 6.45) is 3.24. The van der Waals surface area contributed by atoms with Crippen molar-refractivity contribution in [3.8, 4) is 0 Å². The van der Waals surface area contributed by atoms with Gasteiger partial charge in [0.25, 0.3) is 0 Å². The number of nitrogens with zero attached hydrogens (tertiary/aromatic N) is 2. The molecule has 0 bridgehead atoms. The molecule has 1 aromatic carbocycles. The molecule has 132 valence electrons. The molecule has 1 heterocycles. The number of carbonyl (C=O) groups is 2. The van der Waals surface area contributed by atoms with Crippen LogP contribution in [0, 0.1) is 5.92 Å². The van der Waals surface area contributed by atoms with Crippen molar-refractivity contribution in [3.63, 3.8) is 0 Å². The Bertz CT molecular complexity index is 563. The zero-order valence-corrected chi connectivity index (χ0v) is 14.9. The van der Waals surface area contributed by atoms with Crippen LogP contribution in [0.4, 0.5) is 5.69 Å². The number of carbonyl (C=O) groups excluding carboxylic acids is 2. The second-order valence-corrected chi connectivity index (χ2v) is 6.38. The Balaban J connectivity index is 0.00000208. The summed E-state index contributed by atoms with van der Waals surface area (Å²) in [6.45, 7) is 4.44. The van der Waals surface area contributed by atoms with Crippen LogP contribution < -0.4 is 10.2 Å². The average Bonchev–Trinajstić information content (AvgIpc) is 3.32. The highest BCUT2D eigenvalue weighted by Crippen LogP contribution is 2.27. The number of rotatable bonds is 7. The second kappa shape index (κ2) is 8.49. The first-order valence-electron chi connectivity index (χ1n) is 8.57. The quantitative estimate of drug-likeness (QED) is 0.818. The van der Waals surface area contributed by atoms with Crippen LogP contribution in [-0.2, 0) is 9.59 Å². The maximum atomic E-state index is 12.7. The summed E-state index contributed by atoms with van der Waals surface area (Å²) in [5.74, 6) is 0.814. The Hall–Kier alpha value is -1.59. The molecule has 1 saturated heterocycles. The Morgan fingerprint density at radius 2 is 1.96 bits per heavy atom. The van der Waals surface area contributed by atoms with Crippen LogP contribution in [-0.4, -0.2) is 48.9 Å². The van der Waals surface area contributed by atoms with E-state index < -0.39 is 0 Å². The van der Waals surface area contributed by atoms with Gasteiger partial charge in [-0.2, -0.15) is 0 Å². The molecule has 0 radical (unpaired) electrons. The van der Waals surface area contributed by atoms with Crippen LogP contribution in [0.5, 0.6) is 0 Å². The number of para-hydroxylation sites is 1. The molecule has 3 rings (SSSR count). The van der Waals surface area contributed by atoms with E-state index >= 15 is 0 Å². The van der Waals surface area contributed by atoms with Crippen molar-refractivity contribution in [1.82, 2.24) is 10.2 Å². The molecule has 1 aliphatic heterocycles. The molecule has 1 N–H and O–H groups in total. The van der Waals surface area contributed by atoms with Gasteiger partial charge in [-0.05, 0) is 50.8 Å². The topological polar surface area (TPSA) is 52.7 Å². The van der Waals surface area contributed by atoms with Crippen molar-refractivity contribution in [3.05, 3.63) is 30.3 Å². The summed E-state index contributed by atoms with van der Waals surface area (Å²) in [4.78, 5) is 28.7. The van der Waals surface area contributed by atoms with Gasteiger partial charge in [-0.3, -0.25) is 9.59 Å². The number of hydrogen-bond acceptors (Lipinski definition) is 3. The fraction of sp³-hybridized carbons (Fsp3) is 0.556. The Morgan fingerprint density at radius 1 is 1.25 bits per heavy atom. The Kier molecular flexibility index (Phi) is 6.63. The zero-order chi connectivity index (χ0) is 16.2. The van der Waals surface area contributed by atoms with E-state index in [1.54, 1.807) is 9.80 Å². The zero-order valence-electron chi connectivity index (χ0n) is 14.1. The summed E-state index contributed by atoms with van der Waals surface area (Å²) in [7, 11) is 0. The maximum absolute atomic E-state index is 12.7. The molecule has 5 nitrogen and oxygen atoms in total. The fourth-order valence-corrected chi connectivity index (χ4v) is 3.20. The molecule has 24 heavy (non-hydrogen) atoms. The van der Waals surface area contributed by atoms with Gasteiger partial charge in [-0.1, -0.05) is 18.2 Å². The highest BCUT2D eigenvalue weighted by Gasteiger charge is 2.38. The van der Waals surface area contributed by atoms with E-state index in [2.05, 4.69) is 5.32 Å². The summed E-state index contributed by atoms with van der Waals surface area (Å²) >= 11 is 0. The minimum atomic E-state index is -0.324. The van der Waals surface area contributed by atoms with Crippen LogP contribution in [0.25, 0.3) is 0 Å². The number of amides is 2. The van der Waals surface area contributed by atoms with Crippen LogP contribution in [0.2, 0.25) is 0 Å². The molecule has 1 unspecified atom stereocenters. The average molecular weight is 352 g/mol. The van der Waals surface area contributed by atoms with Crippen molar-refractivity contribution >= 4 is 29.9 Å². The lowest BCUT2D eigenvalue weighted by Crippen LogP contribution is -2.48. The van der Waals surface area contributed by atoms with Crippen molar-refractivity contribution in [2.45, 2.75) is 32.2 Å². The first-order chi connectivity index (χ1) is 11.2. The third-order valence-corrected chi connectivity index (χ3v) is 4.69. The van der Waals surface area contributed by atoms with Crippen molar-refractivity contribution < 1.29 is 9.59 Å². The van der Waals surface area contributed by atoms with E-state index in [9.17, 15) is 9.59 Å². The van der Waals surface area contributed by atoms with Gasteiger partial charge in [0.15, 0.2) is 0 Å². The van der Waals surface area contributed by atoms with Gasteiger partial charge < -0.3 is 15.1 Å². The molecule has 2 fully saturated rings. The van der Waals surface area contributed by atoms with Crippen molar-refractivity contribution in [2.75, 3.05) is 31.1 Å². The number of anilines is 1. The molecule has 1 aliphatic carbocycles. The van der Waals surface area contributed by atoms with Crippen LogP contribution in [0.3, 0.4) is 0 Å². The monoisotopic (exact) mass is 351 g/mol. The Morgan fingerprint density at radius 3 is 2.58 bits per heavy atom. The predicted octanol–water partition coefficient (Wildman–Crippen LogP) is 2.06. The summed E-state index contributed by atoms with van der Waals surface area (Å²) < 4.78 is 0. The van der Waals surface area contributed by atoms with E-state index in [0.717, 1.165) is 18.2 Å². The number of benzene rings is 1. The number of hydrogen-bond donors (Lipinski definition) is 1. The lowest BCUT2D eigenvalue weighted by atomic mass is 10.2. The fourth-order valence-electron chi connectivity index (χ4n) is 3.20. The first-order valence-corrected chi connectivity index (χ1v) is 8.57. The van der Waals surface area contributed by atoms with Crippen molar-refractivity contribution in [2.24, 2.45) is 5.92 Å². The lowest BCUT2D eigenvalue weighted by molar-refractivity contribution is -0.137. The van der Waals surface area contributed by atoms with Gasteiger partial charge in [-0.15, -0.1) is 12.4 Å². The van der Waals surface area contributed by atoms with Gasteiger partial charge in [0.2, 0.25) is 11.8 Å². The molecular formula is C18H26ClN3O2. The summed E-state index contributed by atoms with van der Waals surface area (Å²) in [5.41, 5.74) is 0.912. The molecule has 0 aromatic heterocycles. The molecule has 2 amide bonds. The summed E-state index contributed by atoms with van der Waals surface area (Å²) in [5, 5.41) is 3.23. The third-order valence-electron chi connectivity index (χ3n) is 4.69. The molecule has 0 spiro atoms. The minimum Gasteiger partial charge on any atom is -0.330 e. The van der Waals surface area contributed by atoms with Crippen LogP contribution in [0.1, 0.15) is 26.2 Å². The van der Waals surface area contributed by atoms with E-state index in [1.165, 1.54) is 12.8 Å². The van der Waals surface area contributed by atoms with E-state index in [-0.39, 0.29) is 30.3 Å². The number of likely N-dealkylation sites (N-methyl/N-ethyl adjacent to an activating group) is 1. The molecule has 6 heteroatoms. The molecule has 1 saturated carbocycles. The van der Waals surface area contributed by atoms with Crippen LogP contribution >= 0.6 is 12.4 Å². The first kappa shape index (κ1) is 18.7. The minimum absolute atomic E-state index is 0. The molecule has 1 atom stereocenters. The molecular weight excluding hydrogens is 326 g/mol.